The van der Waals surface area contributed by atoms with Crippen molar-refractivity contribution in [3.63, 3.8) is 0 Å². The molecule has 0 saturated carbocycles. The van der Waals surface area contributed by atoms with Gasteiger partial charge in [0, 0.05) is 32.0 Å². The maximum absolute atomic E-state index is 12.7. The molecule has 0 bridgehead atoms. The van der Waals surface area contributed by atoms with Crippen molar-refractivity contribution in [2.24, 2.45) is 11.3 Å². The number of alkyl carbamates (subject to hydrolysis) is 1. The third-order valence-electron chi connectivity index (χ3n) is 7.67. The second-order valence-electron chi connectivity index (χ2n) is 9.84. The van der Waals surface area contributed by atoms with Gasteiger partial charge in [0.15, 0.2) is 0 Å². The predicted octanol–water partition coefficient (Wildman–Crippen LogP) is 4.65. The van der Waals surface area contributed by atoms with Crippen molar-refractivity contribution < 1.29 is 24.2 Å². The summed E-state index contributed by atoms with van der Waals surface area (Å²) >= 11 is 0. The van der Waals surface area contributed by atoms with Crippen molar-refractivity contribution in [1.29, 1.82) is 0 Å². The number of likely N-dealkylation sites (tertiary alicyclic amines) is 1. The van der Waals surface area contributed by atoms with Gasteiger partial charge in [0.1, 0.15) is 6.61 Å². The van der Waals surface area contributed by atoms with E-state index in [0.29, 0.717) is 45.3 Å². The lowest BCUT2D eigenvalue weighted by atomic mass is 9.76. The van der Waals surface area contributed by atoms with Crippen LogP contribution in [0.1, 0.15) is 56.6 Å². The summed E-state index contributed by atoms with van der Waals surface area (Å²) in [6.07, 6.45) is 1.35. The lowest BCUT2D eigenvalue weighted by Gasteiger charge is -2.38. The van der Waals surface area contributed by atoms with Crippen LogP contribution in [0.2, 0.25) is 0 Å². The van der Waals surface area contributed by atoms with Crippen LogP contribution >= 0.6 is 0 Å². The van der Waals surface area contributed by atoms with Gasteiger partial charge in [-0.25, -0.2) is 4.79 Å². The number of carbonyl (C=O) groups is 3. The van der Waals surface area contributed by atoms with Gasteiger partial charge in [-0.05, 0) is 47.4 Å². The highest BCUT2D eigenvalue weighted by Gasteiger charge is 2.40. The molecule has 1 aliphatic heterocycles. The lowest BCUT2D eigenvalue weighted by Crippen LogP contribution is -2.46. The Balaban J connectivity index is 1.23. The highest BCUT2D eigenvalue weighted by molar-refractivity contribution is 5.80. The molecule has 0 spiro atoms. The summed E-state index contributed by atoms with van der Waals surface area (Å²) in [5.74, 6) is -0.817. The van der Waals surface area contributed by atoms with Crippen molar-refractivity contribution in [1.82, 2.24) is 10.2 Å². The average Bonchev–Trinajstić information content (AvgIpc) is 3.19. The van der Waals surface area contributed by atoms with Gasteiger partial charge in [0.25, 0.3) is 0 Å². The minimum absolute atomic E-state index is 0.00179. The van der Waals surface area contributed by atoms with Crippen LogP contribution in [0, 0.1) is 11.3 Å². The Hall–Kier alpha value is -3.35. The van der Waals surface area contributed by atoms with Crippen LogP contribution in [0.25, 0.3) is 11.1 Å². The summed E-state index contributed by atoms with van der Waals surface area (Å²) < 4.78 is 5.57. The number of carboxylic acid groups (broad SMARTS) is 1. The van der Waals surface area contributed by atoms with Gasteiger partial charge < -0.3 is 20.1 Å². The predicted molar refractivity (Wildman–Crippen MR) is 133 cm³/mol. The molecule has 0 aromatic heterocycles. The lowest BCUT2D eigenvalue weighted by molar-refractivity contribution is -0.154. The number of aliphatic carboxylic acids is 1. The van der Waals surface area contributed by atoms with Gasteiger partial charge in [0.05, 0.1) is 5.41 Å². The van der Waals surface area contributed by atoms with E-state index in [1.807, 2.05) is 38.1 Å². The fourth-order valence-electron chi connectivity index (χ4n) is 5.31. The number of benzene rings is 2. The summed E-state index contributed by atoms with van der Waals surface area (Å²) in [4.78, 5) is 38.5. The molecule has 0 radical (unpaired) electrons. The van der Waals surface area contributed by atoms with Crippen LogP contribution in [-0.4, -0.2) is 54.2 Å². The number of nitrogens with zero attached hydrogens (tertiary/aromatic N) is 1. The number of hydrogen-bond acceptors (Lipinski definition) is 4. The number of fused-ring (bicyclic) bond motifs is 3. The first-order chi connectivity index (χ1) is 16.8. The van der Waals surface area contributed by atoms with Gasteiger partial charge >= 0.3 is 12.1 Å². The van der Waals surface area contributed by atoms with Crippen LogP contribution in [0.15, 0.2) is 48.5 Å². The summed E-state index contributed by atoms with van der Waals surface area (Å²) in [5, 5.41) is 12.3. The molecule has 1 heterocycles. The van der Waals surface area contributed by atoms with Crippen LogP contribution in [0.5, 0.6) is 0 Å². The molecule has 186 valence electrons. The zero-order valence-corrected chi connectivity index (χ0v) is 20.5. The Kier molecular flexibility index (Phi) is 7.43. The summed E-state index contributed by atoms with van der Waals surface area (Å²) in [5.41, 5.74) is 3.98. The van der Waals surface area contributed by atoms with Crippen LogP contribution in [0.3, 0.4) is 0 Å². The molecule has 7 nitrogen and oxygen atoms in total. The average molecular weight is 479 g/mol. The second kappa shape index (κ2) is 10.5. The first kappa shape index (κ1) is 24.8. The molecule has 2 amide bonds. The summed E-state index contributed by atoms with van der Waals surface area (Å²) in [6.45, 7) is 5.33. The Morgan fingerprint density at radius 3 is 2.17 bits per heavy atom. The maximum Gasteiger partial charge on any atom is 0.407 e. The minimum Gasteiger partial charge on any atom is -0.481 e. The van der Waals surface area contributed by atoms with Gasteiger partial charge in [-0.2, -0.15) is 0 Å². The zero-order valence-electron chi connectivity index (χ0n) is 20.5. The molecule has 2 aliphatic rings. The molecular formula is C28H34N2O5. The number of nitrogens with one attached hydrogen (secondary N) is 1. The fourth-order valence-corrected chi connectivity index (χ4v) is 5.31. The topological polar surface area (TPSA) is 95.9 Å². The summed E-state index contributed by atoms with van der Waals surface area (Å²) in [7, 11) is 0. The summed E-state index contributed by atoms with van der Waals surface area (Å²) in [6, 6.07) is 16.4. The standard InChI is InChI=1S/C28H34N2O5/c1-3-28(26(32)33)12-14-30(15-13-28)25(31)16-19(2)17-29-27(34)35-18-24-22-10-6-4-8-20(22)21-9-5-7-11-23(21)24/h4-11,19,24H,3,12-18H2,1-2H3,(H,29,34)(H,32,33). The normalized spacial score (nSPS) is 17.3. The number of piperidine rings is 1. The fraction of sp³-hybridized carbons (Fsp3) is 0.464. The Morgan fingerprint density at radius 1 is 1.06 bits per heavy atom. The van der Waals surface area contributed by atoms with E-state index in [0.717, 1.165) is 11.1 Å². The van der Waals surface area contributed by atoms with Crippen molar-refractivity contribution in [3.05, 3.63) is 59.7 Å². The van der Waals surface area contributed by atoms with Crippen molar-refractivity contribution in [2.45, 2.75) is 45.4 Å². The third-order valence-corrected chi connectivity index (χ3v) is 7.67. The SMILES string of the molecule is CCC1(C(=O)O)CCN(C(=O)CC(C)CNC(=O)OCC2c3ccccc3-c3ccccc32)CC1. The molecule has 2 N–H and O–H groups in total. The minimum atomic E-state index is -0.771. The number of carbonyl (C=O) groups excluding carboxylic acids is 2. The number of amides is 2. The molecule has 35 heavy (non-hydrogen) atoms. The van der Waals surface area contributed by atoms with Crippen LogP contribution in [0.4, 0.5) is 4.79 Å². The van der Waals surface area contributed by atoms with Gasteiger partial charge in [-0.15, -0.1) is 0 Å². The number of carboxylic acids is 1. The second-order valence-corrected chi connectivity index (χ2v) is 9.84. The number of ether oxygens (including phenoxy) is 1. The molecule has 1 aliphatic carbocycles. The zero-order chi connectivity index (χ0) is 25.0. The van der Waals surface area contributed by atoms with E-state index >= 15 is 0 Å². The highest BCUT2D eigenvalue weighted by atomic mass is 16.5. The van der Waals surface area contributed by atoms with Gasteiger partial charge in [0.2, 0.25) is 5.91 Å². The Bertz CT molecular complexity index is 1040. The van der Waals surface area contributed by atoms with Crippen LogP contribution < -0.4 is 5.32 Å². The third kappa shape index (κ3) is 5.19. The number of hydrogen-bond donors (Lipinski definition) is 2. The Labute approximate surface area is 206 Å². The molecule has 1 fully saturated rings. The molecular weight excluding hydrogens is 444 g/mol. The van der Waals surface area contributed by atoms with E-state index in [2.05, 4.69) is 29.6 Å². The quantitative estimate of drug-likeness (QED) is 0.576. The Morgan fingerprint density at radius 2 is 1.63 bits per heavy atom. The smallest absolute Gasteiger partial charge is 0.407 e. The first-order valence-electron chi connectivity index (χ1n) is 12.4. The highest BCUT2D eigenvalue weighted by Crippen LogP contribution is 2.44. The molecule has 4 rings (SSSR count). The van der Waals surface area contributed by atoms with E-state index < -0.39 is 17.5 Å². The molecule has 1 atom stereocenters. The molecule has 2 aromatic rings. The molecule has 2 aromatic carbocycles. The van der Waals surface area contributed by atoms with E-state index in [9.17, 15) is 19.5 Å². The van der Waals surface area contributed by atoms with Gasteiger partial charge in [-0.3, -0.25) is 9.59 Å². The first-order valence-corrected chi connectivity index (χ1v) is 12.4. The van der Waals surface area contributed by atoms with E-state index in [4.69, 9.17) is 4.74 Å². The van der Waals surface area contributed by atoms with E-state index in [-0.39, 0.29) is 24.3 Å². The largest absolute Gasteiger partial charge is 0.481 e. The molecule has 1 saturated heterocycles. The molecule has 7 heteroatoms. The van der Waals surface area contributed by atoms with E-state index in [1.165, 1.54) is 11.1 Å². The van der Waals surface area contributed by atoms with Crippen LogP contribution in [-0.2, 0) is 14.3 Å². The number of rotatable bonds is 8. The van der Waals surface area contributed by atoms with Gasteiger partial charge in [-0.1, -0.05) is 62.4 Å². The van der Waals surface area contributed by atoms with Crippen molar-refractivity contribution >= 4 is 18.0 Å². The molecule has 1 unspecified atom stereocenters. The monoisotopic (exact) mass is 478 g/mol. The van der Waals surface area contributed by atoms with E-state index in [1.54, 1.807) is 4.90 Å². The maximum atomic E-state index is 12.7. The van der Waals surface area contributed by atoms with Crippen molar-refractivity contribution in [3.8, 4) is 11.1 Å². The van der Waals surface area contributed by atoms with Crippen molar-refractivity contribution in [2.75, 3.05) is 26.2 Å².